The second-order valence-corrected chi connectivity index (χ2v) is 4.28. The first kappa shape index (κ1) is 12.0. The molecule has 84 valence electrons. The molecule has 1 heterocycles. The third-order valence-electron chi connectivity index (χ3n) is 3.33. The molecule has 0 spiro atoms. The summed E-state index contributed by atoms with van der Waals surface area (Å²) >= 11 is 0. The number of rotatable bonds is 5. The Hall–Kier alpha value is -0.120. The number of nitrogens with zero attached hydrogens (tertiary/aromatic N) is 1. The second kappa shape index (κ2) is 5.69. The number of hydrogen-bond donors (Lipinski definition) is 1. The van der Waals surface area contributed by atoms with Gasteiger partial charge in [-0.25, -0.2) is 0 Å². The summed E-state index contributed by atoms with van der Waals surface area (Å²) in [4.78, 5) is 2.42. The van der Waals surface area contributed by atoms with Crippen molar-refractivity contribution in [1.29, 1.82) is 0 Å². The van der Waals surface area contributed by atoms with Crippen LogP contribution < -0.4 is 5.73 Å². The Morgan fingerprint density at radius 1 is 1.57 bits per heavy atom. The van der Waals surface area contributed by atoms with Crippen molar-refractivity contribution in [2.24, 2.45) is 5.73 Å². The van der Waals surface area contributed by atoms with Crippen molar-refractivity contribution in [2.45, 2.75) is 51.3 Å². The van der Waals surface area contributed by atoms with E-state index in [1.807, 2.05) is 0 Å². The fourth-order valence-electron chi connectivity index (χ4n) is 2.35. The Balaban J connectivity index is 2.48. The van der Waals surface area contributed by atoms with Crippen molar-refractivity contribution in [3.8, 4) is 0 Å². The van der Waals surface area contributed by atoms with Gasteiger partial charge in [-0.1, -0.05) is 13.3 Å². The Morgan fingerprint density at radius 2 is 2.29 bits per heavy atom. The molecule has 0 aromatic heterocycles. The largest absolute Gasteiger partial charge is 0.377 e. The van der Waals surface area contributed by atoms with Crippen molar-refractivity contribution in [1.82, 2.24) is 4.90 Å². The standard InChI is InChI=1S/C11H24N2O/c1-4-5-10(8-12)13(3)11-6-7-14-9(11)2/h9-11H,4-8,12H2,1-3H3. The van der Waals surface area contributed by atoms with Gasteiger partial charge in [0.15, 0.2) is 0 Å². The van der Waals surface area contributed by atoms with Gasteiger partial charge < -0.3 is 10.5 Å². The minimum Gasteiger partial charge on any atom is -0.377 e. The molecule has 0 bridgehead atoms. The quantitative estimate of drug-likeness (QED) is 0.725. The molecule has 3 nitrogen and oxygen atoms in total. The summed E-state index contributed by atoms with van der Waals surface area (Å²) in [6.07, 6.45) is 3.91. The van der Waals surface area contributed by atoms with Gasteiger partial charge in [-0.05, 0) is 26.8 Å². The van der Waals surface area contributed by atoms with Crippen molar-refractivity contribution >= 4 is 0 Å². The summed E-state index contributed by atoms with van der Waals surface area (Å²) < 4.78 is 5.58. The van der Waals surface area contributed by atoms with Crippen LogP contribution in [0, 0.1) is 0 Å². The molecular weight excluding hydrogens is 176 g/mol. The Morgan fingerprint density at radius 3 is 2.71 bits per heavy atom. The van der Waals surface area contributed by atoms with Crippen molar-refractivity contribution in [2.75, 3.05) is 20.2 Å². The third-order valence-corrected chi connectivity index (χ3v) is 3.33. The molecule has 0 aromatic rings. The molecular formula is C11H24N2O. The predicted octanol–water partition coefficient (Wildman–Crippen LogP) is 1.22. The molecule has 0 aromatic carbocycles. The van der Waals surface area contributed by atoms with Gasteiger partial charge >= 0.3 is 0 Å². The predicted molar refractivity (Wildman–Crippen MR) is 59.3 cm³/mol. The normalized spacial score (nSPS) is 29.8. The second-order valence-electron chi connectivity index (χ2n) is 4.28. The van der Waals surface area contributed by atoms with E-state index in [-0.39, 0.29) is 0 Å². The Bertz CT molecular complexity index is 163. The van der Waals surface area contributed by atoms with Crippen LogP contribution in [0.3, 0.4) is 0 Å². The van der Waals surface area contributed by atoms with Crippen molar-refractivity contribution in [3.05, 3.63) is 0 Å². The number of hydrogen-bond acceptors (Lipinski definition) is 3. The van der Waals surface area contributed by atoms with Crippen molar-refractivity contribution in [3.63, 3.8) is 0 Å². The molecule has 3 heteroatoms. The van der Waals surface area contributed by atoms with E-state index in [1.165, 1.54) is 12.8 Å². The molecule has 1 aliphatic heterocycles. The minimum absolute atomic E-state index is 0.367. The maximum Gasteiger partial charge on any atom is 0.0703 e. The van der Waals surface area contributed by atoms with E-state index in [0.29, 0.717) is 18.2 Å². The van der Waals surface area contributed by atoms with Crippen molar-refractivity contribution < 1.29 is 4.74 Å². The van der Waals surface area contributed by atoms with Crippen LogP contribution in [0.25, 0.3) is 0 Å². The monoisotopic (exact) mass is 200 g/mol. The van der Waals surface area contributed by atoms with Gasteiger partial charge in [-0.15, -0.1) is 0 Å². The topological polar surface area (TPSA) is 38.5 Å². The Labute approximate surface area is 87.6 Å². The molecule has 0 amide bonds. The summed E-state index contributed by atoms with van der Waals surface area (Å²) in [6, 6.07) is 1.09. The van der Waals surface area contributed by atoms with Crippen LogP contribution >= 0.6 is 0 Å². The fourth-order valence-corrected chi connectivity index (χ4v) is 2.35. The average Bonchev–Trinajstić information content (AvgIpc) is 2.59. The maximum absolute atomic E-state index is 5.79. The lowest BCUT2D eigenvalue weighted by atomic mass is 10.0. The van der Waals surface area contributed by atoms with Gasteiger partial charge in [-0.3, -0.25) is 4.90 Å². The molecule has 3 atom stereocenters. The van der Waals surface area contributed by atoms with E-state index in [4.69, 9.17) is 10.5 Å². The van der Waals surface area contributed by atoms with E-state index < -0.39 is 0 Å². The molecule has 1 rings (SSSR count). The zero-order chi connectivity index (χ0) is 10.6. The van der Waals surface area contributed by atoms with E-state index in [9.17, 15) is 0 Å². The summed E-state index contributed by atoms with van der Waals surface area (Å²) in [5.74, 6) is 0. The molecule has 2 N–H and O–H groups in total. The highest BCUT2D eigenvalue weighted by atomic mass is 16.5. The van der Waals surface area contributed by atoms with Crippen LogP contribution in [0.4, 0.5) is 0 Å². The molecule has 0 radical (unpaired) electrons. The van der Waals surface area contributed by atoms with Crippen LogP contribution in [0.2, 0.25) is 0 Å². The Kier molecular flexibility index (Phi) is 4.85. The van der Waals surface area contributed by atoms with Crippen LogP contribution in [0.5, 0.6) is 0 Å². The minimum atomic E-state index is 0.367. The van der Waals surface area contributed by atoms with E-state index in [0.717, 1.165) is 19.6 Å². The molecule has 0 aliphatic carbocycles. The molecule has 0 saturated carbocycles. The van der Waals surface area contributed by atoms with Crippen LogP contribution in [0.15, 0.2) is 0 Å². The summed E-state index contributed by atoms with van der Waals surface area (Å²) in [5, 5.41) is 0. The lowest BCUT2D eigenvalue weighted by molar-refractivity contribution is 0.0669. The van der Waals surface area contributed by atoms with Crippen LogP contribution in [-0.2, 0) is 4.74 Å². The van der Waals surface area contributed by atoms with Gasteiger partial charge in [-0.2, -0.15) is 0 Å². The number of ether oxygens (including phenoxy) is 1. The summed E-state index contributed by atoms with van der Waals surface area (Å²) in [6.45, 7) is 6.03. The SMILES string of the molecule is CCCC(CN)N(C)C1CCOC1C. The lowest BCUT2D eigenvalue weighted by Gasteiger charge is -2.33. The zero-order valence-corrected chi connectivity index (χ0v) is 9.70. The molecule has 1 fully saturated rings. The van der Waals surface area contributed by atoms with E-state index in [1.54, 1.807) is 0 Å². The van der Waals surface area contributed by atoms with Gasteiger partial charge in [0.05, 0.1) is 6.10 Å². The van der Waals surface area contributed by atoms with Gasteiger partial charge in [0.2, 0.25) is 0 Å². The van der Waals surface area contributed by atoms with Gasteiger partial charge in [0.1, 0.15) is 0 Å². The van der Waals surface area contributed by atoms with Gasteiger partial charge in [0.25, 0.3) is 0 Å². The third kappa shape index (κ3) is 2.69. The molecule has 1 aliphatic rings. The molecule has 14 heavy (non-hydrogen) atoms. The summed E-state index contributed by atoms with van der Waals surface area (Å²) in [5.41, 5.74) is 5.79. The lowest BCUT2D eigenvalue weighted by Crippen LogP contribution is -2.46. The van der Waals surface area contributed by atoms with E-state index >= 15 is 0 Å². The molecule has 1 saturated heterocycles. The number of likely N-dealkylation sites (N-methyl/N-ethyl adjacent to an activating group) is 1. The van der Waals surface area contributed by atoms with E-state index in [2.05, 4.69) is 25.8 Å². The highest BCUT2D eigenvalue weighted by Gasteiger charge is 2.30. The van der Waals surface area contributed by atoms with Crippen LogP contribution in [0.1, 0.15) is 33.1 Å². The first-order valence-electron chi connectivity index (χ1n) is 5.74. The highest BCUT2D eigenvalue weighted by Crippen LogP contribution is 2.21. The first-order valence-corrected chi connectivity index (χ1v) is 5.74. The summed E-state index contributed by atoms with van der Waals surface area (Å²) in [7, 11) is 2.18. The maximum atomic E-state index is 5.79. The molecule has 3 unspecified atom stereocenters. The zero-order valence-electron chi connectivity index (χ0n) is 9.70. The fraction of sp³-hybridized carbons (Fsp3) is 1.00. The van der Waals surface area contributed by atoms with Gasteiger partial charge in [0, 0.05) is 25.2 Å². The smallest absolute Gasteiger partial charge is 0.0703 e. The van der Waals surface area contributed by atoms with Crippen LogP contribution in [-0.4, -0.2) is 43.3 Å². The average molecular weight is 200 g/mol. The number of nitrogens with two attached hydrogens (primary N) is 1. The first-order chi connectivity index (χ1) is 6.70. The highest BCUT2D eigenvalue weighted by molar-refractivity contribution is 4.84.